The maximum Gasteiger partial charge on any atom is 0.220 e. The highest BCUT2D eigenvalue weighted by Gasteiger charge is 2.51. The molecule has 14 heteroatoms. The number of rotatable bonds is 52. The molecule has 2 heterocycles. The number of hydrogen-bond acceptors (Lipinski definition) is 13. The lowest BCUT2D eigenvalue weighted by Gasteiger charge is -2.46. The van der Waals surface area contributed by atoms with Gasteiger partial charge in [0.25, 0.3) is 0 Å². The number of hydrogen-bond donors (Lipinski definition) is 9. The van der Waals surface area contributed by atoms with Gasteiger partial charge in [-0.25, -0.2) is 0 Å². The molecule has 14 nitrogen and oxygen atoms in total. The van der Waals surface area contributed by atoms with Crippen molar-refractivity contribution in [1.29, 1.82) is 0 Å². The van der Waals surface area contributed by atoms with Crippen molar-refractivity contribution >= 4 is 5.91 Å². The first-order valence-electron chi connectivity index (χ1n) is 33.0. The molecular formula is C69H119NO13. The van der Waals surface area contributed by atoms with E-state index in [-0.39, 0.29) is 12.5 Å². The van der Waals surface area contributed by atoms with Crippen LogP contribution in [0.15, 0.2) is 97.2 Å². The fraction of sp³-hybridized carbons (Fsp3) is 0.754. The summed E-state index contributed by atoms with van der Waals surface area (Å²) >= 11 is 0. The summed E-state index contributed by atoms with van der Waals surface area (Å²) in [7, 11) is 0. The summed E-state index contributed by atoms with van der Waals surface area (Å²) in [5, 5.41) is 87.3. The molecule has 0 aromatic carbocycles. The number of allylic oxidation sites excluding steroid dienone is 16. The average molecular weight is 1170 g/mol. The third kappa shape index (κ3) is 37.9. The predicted molar refractivity (Wildman–Crippen MR) is 336 cm³/mol. The summed E-state index contributed by atoms with van der Waals surface area (Å²) in [5.41, 5.74) is 0. The van der Waals surface area contributed by atoms with Gasteiger partial charge in [0.1, 0.15) is 48.8 Å². The molecule has 12 unspecified atom stereocenters. The zero-order chi connectivity index (χ0) is 60.2. The summed E-state index contributed by atoms with van der Waals surface area (Å²) in [4.78, 5) is 13.3. The fourth-order valence-electron chi connectivity index (χ4n) is 10.3. The zero-order valence-corrected chi connectivity index (χ0v) is 51.7. The number of amides is 1. The zero-order valence-electron chi connectivity index (χ0n) is 51.7. The molecule has 83 heavy (non-hydrogen) atoms. The number of ether oxygens (including phenoxy) is 4. The van der Waals surface area contributed by atoms with Crippen molar-refractivity contribution in [2.24, 2.45) is 0 Å². The highest BCUT2D eigenvalue weighted by atomic mass is 16.7. The summed E-state index contributed by atoms with van der Waals surface area (Å²) in [5.74, 6) is -0.213. The topological polar surface area (TPSA) is 228 Å². The predicted octanol–water partition coefficient (Wildman–Crippen LogP) is 12.6. The van der Waals surface area contributed by atoms with Gasteiger partial charge >= 0.3 is 0 Å². The molecule has 2 aliphatic rings. The van der Waals surface area contributed by atoms with Crippen LogP contribution in [0.25, 0.3) is 0 Å². The Hall–Kier alpha value is -3.09. The Balaban J connectivity index is 1.61. The Bertz CT molecular complexity index is 1760. The molecule has 2 aliphatic heterocycles. The third-order valence-electron chi connectivity index (χ3n) is 15.6. The van der Waals surface area contributed by atoms with Gasteiger partial charge in [-0.05, 0) is 77.0 Å². The van der Waals surface area contributed by atoms with Crippen LogP contribution < -0.4 is 5.32 Å². The SMILES string of the molecule is CC/C=C\C/C=C\C/C=C\C/C=C\C/C=C\C/C=C\C/C=C\C/C=C\CCCCCCCCCCCCCCC(=O)NC(COC1OC(CO)C(OC2OC(CO)C(O)C(O)C2O)C(O)C1O)C(O)CCCCCCCCCCCCCC. The van der Waals surface area contributed by atoms with Crippen LogP contribution in [0.3, 0.4) is 0 Å². The quantitative estimate of drug-likeness (QED) is 0.0204. The Morgan fingerprint density at radius 3 is 1.28 bits per heavy atom. The van der Waals surface area contributed by atoms with Crippen LogP contribution in [0.4, 0.5) is 0 Å². The lowest BCUT2D eigenvalue weighted by atomic mass is 9.97. The number of carbonyl (C=O) groups excluding carboxylic acids is 1. The highest BCUT2D eigenvalue weighted by molar-refractivity contribution is 5.76. The first-order chi connectivity index (χ1) is 40.6. The molecule has 9 N–H and O–H groups in total. The Labute approximate surface area is 503 Å². The molecule has 0 aliphatic carbocycles. The Morgan fingerprint density at radius 2 is 0.831 bits per heavy atom. The Kier molecular flexibility index (Phi) is 48.7. The average Bonchev–Trinajstić information content (AvgIpc) is 3.58. The third-order valence-corrected chi connectivity index (χ3v) is 15.6. The summed E-state index contributed by atoms with van der Waals surface area (Å²) in [6.45, 7) is 2.73. The smallest absolute Gasteiger partial charge is 0.220 e. The van der Waals surface area contributed by atoms with Crippen molar-refractivity contribution in [2.45, 2.75) is 312 Å². The second-order valence-corrected chi connectivity index (χ2v) is 22.9. The molecule has 0 bridgehead atoms. The minimum absolute atomic E-state index is 0.213. The van der Waals surface area contributed by atoms with E-state index in [0.29, 0.717) is 12.8 Å². The monoisotopic (exact) mass is 1170 g/mol. The lowest BCUT2D eigenvalue weighted by molar-refractivity contribution is -0.359. The number of aliphatic hydroxyl groups is 8. The van der Waals surface area contributed by atoms with Crippen LogP contribution in [0.2, 0.25) is 0 Å². The molecule has 0 radical (unpaired) electrons. The van der Waals surface area contributed by atoms with Crippen LogP contribution in [-0.4, -0.2) is 140 Å². The van der Waals surface area contributed by atoms with E-state index in [2.05, 4.69) is 116 Å². The van der Waals surface area contributed by atoms with Crippen LogP contribution in [0.5, 0.6) is 0 Å². The molecule has 0 aromatic rings. The highest BCUT2D eigenvalue weighted by Crippen LogP contribution is 2.30. The number of aliphatic hydroxyl groups excluding tert-OH is 8. The van der Waals surface area contributed by atoms with E-state index in [0.717, 1.165) is 109 Å². The van der Waals surface area contributed by atoms with Crippen molar-refractivity contribution in [2.75, 3.05) is 19.8 Å². The van der Waals surface area contributed by atoms with Crippen molar-refractivity contribution in [3.8, 4) is 0 Å². The van der Waals surface area contributed by atoms with E-state index in [1.807, 2.05) is 0 Å². The molecule has 2 fully saturated rings. The van der Waals surface area contributed by atoms with E-state index >= 15 is 0 Å². The fourth-order valence-corrected chi connectivity index (χ4v) is 10.3. The molecule has 0 aromatic heterocycles. The van der Waals surface area contributed by atoms with Gasteiger partial charge in [-0.3, -0.25) is 4.79 Å². The van der Waals surface area contributed by atoms with E-state index < -0.39 is 86.8 Å². The van der Waals surface area contributed by atoms with Gasteiger partial charge in [-0.1, -0.05) is 252 Å². The maximum atomic E-state index is 13.3. The molecular weight excluding hydrogens is 1050 g/mol. The van der Waals surface area contributed by atoms with Gasteiger partial charge in [0.2, 0.25) is 5.91 Å². The van der Waals surface area contributed by atoms with Crippen molar-refractivity contribution in [3.05, 3.63) is 97.2 Å². The van der Waals surface area contributed by atoms with E-state index in [9.17, 15) is 45.6 Å². The molecule has 478 valence electrons. The normalized spacial score (nSPS) is 24.5. The van der Waals surface area contributed by atoms with Gasteiger partial charge in [-0.2, -0.15) is 0 Å². The van der Waals surface area contributed by atoms with Crippen molar-refractivity contribution in [3.63, 3.8) is 0 Å². The molecule has 2 saturated heterocycles. The van der Waals surface area contributed by atoms with Gasteiger partial charge in [0.05, 0.1) is 32.0 Å². The van der Waals surface area contributed by atoms with Crippen molar-refractivity contribution < 1.29 is 64.6 Å². The second kappa shape index (κ2) is 53.2. The first kappa shape index (κ1) is 76.0. The minimum atomic E-state index is -1.79. The van der Waals surface area contributed by atoms with E-state index in [1.165, 1.54) is 103 Å². The maximum absolute atomic E-state index is 13.3. The molecule has 1 amide bonds. The number of carbonyl (C=O) groups is 1. The second-order valence-electron chi connectivity index (χ2n) is 22.9. The summed E-state index contributed by atoms with van der Waals surface area (Å²) < 4.78 is 22.8. The van der Waals surface area contributed by atoms with E-state index in [1.54, 1.807) is 0 Å². The largest absolute Gasteiger partial charge is 0.394 e. The van der Waals surface area contributed by atoms with Gasteiger partial charge in [0, 0.05) is 6.42 Å². The first-order valence-corrected chi connectivity index (χ1v) is 33.0. The summed E-state index contributed by atoms with van der Waals surface area (Å²) in [6, 6.07) is -0.834. The van der Waals surface area contributed by atoms with Gasteiger partial charge < -0.3 is 65.1 Å². The molecule has 12 atom stereocenters. The van der Waals surface area contributed by atoms with E-state index in [4.69, 9.17) is 18.9 Å². The number of nitrogens with one attached hydrogen (secondary N) is 1. The van der Waals surface area contributed by atoms with Gasteiger partial charge in [-0.15, -0.1) is 0 Å². The molecule has 2 rings (SSSR count). The van der Waals surface area contributed by atoms with Crippen molar-refractivity contribution in [1.82, 2.24) is 5.32 Å². The van der Waals surface area contributed by atoms with Crippen LogP contribution in [-0.2, 0) is 23.7 Å². The number of unbranched alkanes of at least 4 members (excludes halogenated alkanes) is 23. The van der Waals surface area contributed by atoms with Crippen LogP contribution >= 0.6 is 0 Å². The molecule has 0 saturated carbocycles. The minimum Gasteiger partial charge on any atom is -0.394 e. The lowest BCUT2D eigenvalue weighted by Crippen LogP contribution is -2.65. The Morgan fingerprint density at radius 1 is 0.446 bits per heavy atom. The standard InChI is InChI=1S/C69H119NO13/c1-3-5-7-9-11-13-15-17-18-19-20-21-22-23-24-25-26-27-28-29-30-31-32-33-34-35-36-37-38-39-40-41-43-45-47-49-51-53-61(74)70-57(58(73)52-50-48-46-44-42-16-14-12-10-8-6-4-2)56-80-68-66(79)64(77)67(60(55-72)82-68)83-69-65(78)63(76)62(75)59(54-71)81-69/h5,7,11,13,17-18,20-21,23-24,26-27,29-30,32-33,57-60,62-69,71-73,75-79H,3-4,6,8-10,12,14-16,19,22,25,28,31,34-56H2,1-2H3,(H,70,74)/b7-5-,13-11-,18-17-,21-20-,24-23-,27-26-,30-29-,33-32-. The molecule has 0 spiro atoms. The van der Waals surface area contributed by atoms with Crippen LogP contribution in [0.1, 0.15) is 239 Å². The summed E-state index contributed by atoms with van der Waals surface area (Å²) in [6.07, 6.45) is 57.1. The van der Waals surface area contributed by atoms with Gasteiger partial charge in [0.15, 0.2) is 12.6 Å². The van der Waals surface area contributed by atoms with Crippen LogP contribution in [0, 0.1) is 0 Å².